The molecular weight excluding hydrogens is 324 g/mol. The van der Waals surface area contributed by atoms with Crippen LogP contribution in [0.25, 0.3) is 0 Å². The van der Waals surface area contributed by atoms with E-state index in [1.54, 1.807) is 0 Å². The molecule has 0 unspecified atom stereocenters. The zero-order chi connectivity index (χ0) is 18.8. The second-order valence-corrected chi connectivity index (χ2v) is 6.19. The maximum atomic E-state index is 12.0. The highest BCUT2D eigenvalue weighted by atomic mass is 16.1. The van der Waals surface area contributed by atoms with Gasteiger partial charge in [-0.15, -0.1) is 0 Å². The van der Waals surface area contributed by atoms with E-state index in [-0.39, 0.29) is 5.91 Å². The molecule has 0 saturated carbocycles. The molecule has 1 amide bonds. The quantitative estimate of drug-likeness (QED) is 0.385. The predicted octanol–water partition coefficient (Wildman–Crippen LogP) is 3.71. The minimum Gasteiger partial charge on any atom is -0.370 e. The lowest BCUT2D eigenvalue weighted by Gasteiger charge is -2.08. The number of amides is 1. The minimum absolute atomic E-state index is 0.0366. The SMILES string of the molecule is CCCCNC(=O)c1ccc(CN=C(N)Nc2cccc(CC)c2)cc1. The number of benzene rings is 2. The Hall–Kier alpha value is -2.82. The van der Waals surface area contributed by atoms with E-state index in [4.69, 9.17) is 5.73 Å². The Labute approximate surface area is 155 Å². The summed E-state index contributed by atoms with van der Waals surface area (Å²) >= 11 is 0. The number of nitrogens with one attached hydrogen (secondary N) is 2. The number of unbranched alkanes of at least 4 members (excludes halogenated alkanes) is 1. The molecule has 0 aliphatic rings. The van der Waals surface area contributed by atoms with Crippen molar-refractivity contribution in [3.05, 3.63) is 65.2 Å². The second-order valence-electron chi connectivity index (χ2n) is 6.19. The number of hydrogen-bond acceptors (Lipinski definition) is 2. The Morgan fingerprint density at radius 3 is 2.54 bits per heavy atom. The van der Waals surface area contributed by atoms with Gasteiger partial charge in [0.1, 0.15) is 0 Å². The molecule has 0 aromatic heterocycles. The first-order valence-corrected chi connectivity index (χ1v) is 9.15. The van der Waals surface area contributed by atoms with Crippen molar-refractivity contribution in [1.82, 2.24) is 5.32 Å². The van der Waals surface area contributed by atoms with Crippen LogP contribution >= 0.6 is 0 Å². The molecule has 2 aromatic rings. The smallest absolute Gasteiger partial charge is 0.251 e. The zero-order valence-corrected chi connectivity index (χ0v) is 15.6. The third-order valence-corrected chi connectivity index (χ3v) is 4.07. The number of hydrogen-bond donors (Lipinski definition) is 3. The average molecular weight is 352 g/mol. The molecule has 0 spiro atoms. The van der Waals surface area contributed by atoms with Crippen LogP contribution in [0.4, 0.5) is 5.69 Å². The lowest BCUT2D eigenvalue weighted by atomic mass is 10.1. The van der Waals surface area contributed by atoms with E-state index in [0.717, 1.165) is 30.5 Å². The van der Waals surface area contributed by atoms with Gasteiger partial charge in [-0.05, 0) is 48.2 Å². The van der Waals surface area contributed by atoms with Crippen molar-refractivity contribution in [1.29, 1.82) is 0 Å². The van der Waals surface area contributed by atoms with Crippen LogP contribution in [-0.4, -0.2) is 18.4 Å². The van der Waals surface area contributed by atoms with Gasteiger partial charge in [-0.25, -0.2) is 4.99 Å². The van der Waals surface area contributed by atoms with E-state index >= 15 is 0 Å². The summed E-state index contributed by atoms with van der Waals surface area (Å²) in [5.74, 6) is 0.338. The third-order valence-electron chi connectivity index (χ3n) is 4.07. The Morgan fingerprint density at radius 2 is 1.85 bits per heavy atom. The standard InChI is InChI=1S/C21H28N4O/c1-3-5-13-23-20(26)18-11-9-17(10-12-18)15-24-21(22)25-19-8-6-7-16(4-2)14-19/h6-12,14H,3-5,13,15H2,1-2H3,(H,23,26)(H3,22,24,25). The van der Waals surface area contributed by atoms with Crippen LogP contribution in [-0.2, 0) is 13.0 Å². The first-order chi connectivity index (χ1) is 12.6. The Balaban J connectivity index is 1.89. The minimum atomic E-state index is -0.0366. The van der Waals surface area contributed by atoms with Gasteiger partial charge in [0.2, 0.25) is 0 Å². The number of nitrogens with two attached hydrogens (primary N) is 1. The van der Waals surface area contributed by atoms with Crippen LogP contribution in [0, 0.1) is 0 Å². The number of aliphatic imine (C=N–C) groups is 1. The molecule has 0 saturated heterocycles. The summed E-state index contributed by atoms with van der Waals surface area (Å²) in [4.78, 5) is 16.3. The number of rotatable bonds is 8. The number of carbonyl (C=O) groups is 1. The summed E-state index contributed by atoms with van der Waals surface area (Å²) in [7, 11) is 0. The van der Waals surface area contributed by atoms with Gasteiger partial charge in [-0.2, -0.15) is 0 Å². The Morgan fingerprint density at radius 1 is 1.08 bits per heavy atom. The van der Waals surface area contributed by atoms with Gasteiger partial charge in [0.05, 0.1) is 6.54 Å². The van der Waals surface area contributed by atoms with Crippen LogP contribution in [0.3, 0.4) is 0 Å². The molecule has 5 nitrogen and oxygen atoms in total. The van der Waals surface area contributed by atoms with Gasteiger partial charge < -0.3 is 16.4 Å². The number of carbonyl (C=O) groups excluding carboxylic acids is 1. The fourth-order valence-corrected chi connectivity index (χ4v) is 2.48. The molecule has 0 atom stereocenters. The molecule has 26 heavy (non-hydrogen) atoms. The van der Waals surface area contributed by atoms with E-state index in [2.05, 4.69) is 41.6 Å². The van der Waals surface area contributed by atoms with Crippen LogP contribution in [0.2, 0.25) is 0 Å². The van der Waals surface area contributed by atoms with Crippen LogP contribution in [0.1, 0.15) is 48.2 Å². The summed E-state index contributed by atoms with van der Waals surface area (Å²) in [5, 5.41) is 6.02. The number of anilines is 1. The summed E-state index contributed by atoms with van der Waals surface area (Å²) in [6.07, 6.45) is 3.03. The van der Waals surface area contributed by atoms with E-state index in [1.165, 1.54) is 5.56 Å². The first kappa shape index (κ1) is 19.5. The van der Waals surface area contributed by atoms with Crippen molar-refractivity contribution >= 4 is 17.6 Å². The summed E-state index contributed by atoms with van der Waals surface area (Å²) in [5.41, 5.74) is 9.81. The highest BCUT2D eigenvalue weighted by molar-refractivity contribution is 5.94. The molecule has 0 aliphatic carbocycles. The van der Waals surface area contributed by atoms with Gasteiger partial charge in [0.15, 0.2) is 5.96 Å². The largest absolute Gasteiger partial charge is 0.370 e. The molecule has 4 N–H and O–H groups in total. The van der Waals surface area contributed by atoms with E-state index in [9.17, 15) is 4.79 Å². The number of nitrogens with zero attached hydrogens (tertiary/aromatic N) is 1. The monoisotopic (exact) mass is 352 g/mol. The molecule has 0 fully saturated rings. The Bertz CT molecular complexity index is 738. The van der Waals surface area contributed by atoms with Crippen LogP contribution in [0.5, 0.6) is 0 Å². The molecule has 5 heteroatoms. The molecule has 138 valence electrons. The summed E-state index contributed by atoms with van der Waals surface area (Å²) in [6.45, 7) is 5.39. The third kappa shape index (κ3) is 6.24. The fourth-order valence-electron chi connectivity index (χ4n) is 2.48. The van der Waals surface area contributed by atoms with Gasteiger partial charge >= 0.3 is 0 Å². The van der Waals surface area contributed by atoms with Crippen molar-refractivity contribution < 1.29 is 4.79 Å². The van der Waals surface area contributed by atoms with Crippen molar-refractivity contribution in [2.45, 2.75) is 39.7 Å². The molecule has 0 bridgehead atoms. The van der Waals surface area contributed by atoms with Crippen molar-refractivity contribution in [2.75, 3.05) is 11.9 Å². The number of guanidine groups is 1. The van der Waals surface area contributed by atoms with Crippen molar-refractivity contribution in [3.8, 4) is 0 Å². The average Bonchev–Trinajstić information content (AvgIpc) is 2.67. The molecule has 0 heterocycles. The van der Waals surface area contributed by atoms with Crippen molar-refractivity contribution in [2.24, 2.45) is 10.7 Å². The first-order valence-electron chi connectivity index (χ1n) is 9.15. The molecule has 2 rings (SSSR count). The van der Waals surface area contributed by atoms with Gasteiger partial charge in [-0.1, -0.05) is 44.5 Å². The van der Waals surface area contributed by atoms with E-state index in [1.807, 2.05) is 36.4 Å². The lowest BCUT2D eigenvalue weighted by molar-refractivity contribution is 0.0953. The second kappa shape index (κ2) is 10.2. The van der Waals surface area contributed by atoms with Gasteiger partial charge in [-0.3, -0.25) is 4.79 Å². The summed E-state index contributed by atoms with van der Waals surface area (Å²) < 4.78 is 0. The molecule has 0 radical (unpaired) electrons. The topological polar surface area (TPSA) is 79.5 Å². The van der Waals surface area contributed by atoms with Gasteiger partial charge in [0.25, 0.3) is 5.91 Å². The van der Waals surface area contributed by atoms with Gasteiger partial charge in [0, 0.05) is 17.8 Å². The molecule has 2 aromatic carbocycles. The normalized spacial score (nSPS) is 11.2. The lowest BCUT2D eigenvalue weighted by Crippen LogP contribution is -2.24. The highest BCUT2D eigenvalue weighted by Gasteiger charge is 2.04. The van der Waals surface area contributed by atoms with Crippen LogP contribution in [0.15, 0.2) is 53.5 Å². The molecule has 0 aliphatic heterocycles. The van der Waals surface area contributed by atoms with E-state index < -0.39 is 0 Å². The van der Waals surface area contributed by atoms with Crippen LogP contribution < -0.4 is 16.4 Å². The van der Waals surface area contributed by atoms with E-state index in [0.29, 0.717) is 24.6 Å². The predicted molar refractivity (Wildman–Crippen MR) is 108 cm³/mol. The maximum absolute atomic E-state index is 12.0. The zero-order valence-electron chi connectivity index (χ0n) is 15.6. The molecular formula is C21H28N4O. The number of aryl methyl sites for hydroxylation is 1. The Kier molecular flexibility index (Phi) is 7.68. The maximum Gasteiger partial charge on any atom is 0.251 e. The summed E-state index contributed by atoms with van der Waals surface area (Å²) in [6, 6.07) is 15.6. The van der Waals surface area contributed by atoms with Crippen molar-refractivity contribution in [3.63, 3.8) is 0 Å². The fraction of sp³-hybridized carbons (Fsp3) is 0.333. The highest BCUT2D eigenvalue weighted by Crippen LogP contribution is 2.11.